The Morgan fingerprint density at radius 3 is 3.00 bits per heavy atom. The Labute approximate surface area is 141 Å². The number of hydrogen-bond donors (Lipinski definition) is 0. The van der Waals surface area contributed by atoms with E-state index in [2.05, 4.69) is 28.9 Å². The molecule has 1 aliphatic rings. The first-order chi connectivity index (χ1) is 11.7. The van der Waals surface area contributed by atoms with Crippen LogP contribution in [-0.2, 0) is 6.54 Å². The summed E-state index contributed by atoms with van der Waals surface area (Å²) in [5.74, 6) is 0.956. The monoisotopic (exact) mass is 324 g/mol. The van der Waals surface area contributed by atoms with E-state index in [0.717, 1.165) is 36.7 Å². The predicted molar refractivity (Wildman–Crippen MR) is 93.1 cm³/mol. The Balaban J connectivity index is 1.59. The Hall–Kier alpha value is -2.20. The summed E-state index contributed by atoms with van der Waals surface area (Å²) in [5.41, 5.74) is 3.48. The van der Waals surface area contributed by atoms with Gasteiger partial charge in [-0.25, -0.2) is 9.37 Å². The van der Waals surface area contributed by atoms with Crippen LogP contribution in [0.5, 0.6) is 0 Å². The first-order valence-corrected chi connectivity index (χ1v) is 8.55. The van der Waals surface area contributed by atoms with Gasteiger partial charge in [-0.2, -0.15) is 0 Å². The molecule has 1 atom stereocenters. The number of aromatic nitrogens is 1. The van der Waals surface area contributed by atoms with Crippen LogP contribution >= 0.6 is 0 Å². The number of benzene rings is 2. The third kappa shape index (κ3) is 3.20. The van der Waals surface area contributed by atoms with Crippen molar-refractivity contribution in [1.82, 2.24) is 9.88 Å². The van der Waals surface area contributed by atoms with Gasteiger partial charge in [0.15, 0.2) is 5.58 Å². The summed E-state index contributed by atoms with van der Waals surface area (Å²) in [6, 6.07) is 12.5. The Morgan fingerprint density at radius 1 is 1.25 bits per heavy atom. The zero-order valence-corrected chi connectivity index (χ0v) is 13.8. The minimum atomic E-state index is -0.283. The molecular formula is C20H21FN2O. The van der Waals surface area contributed by atoms with Crippen molar-refractivity contribution < 1.29 is 8.81 Å². The molecule has 1 aliphatic heterocycles. The fourth-order valence-corrected chi connectivity index (χ4v) is 3.50. The van der Waals surface area contributed by atoms with E-state index >= 15 is 0 Å². The van der Waals surface area contributed by atoms with Gasteiger partial charge in [-0.3, -0.25) is 4.90 Å². The summed E-state index contributed by atoms with van der Waals surface area (Å²) in [6.45, 7) is 5.59. The number of oxazole rings is 1. The summed E-state index contributed by atoms with van der Waals surface area (Å²) < 4.78 is 19.2. The maximum atomic E-state index is 13.4. The van der Waals surface area contributed by atoms with Crippen LogP contribution in [0, 0.1) is 11.7 Å². The van der Waals surface area contributed by atoms with Crippen molar-refractivity contribution in [2.75, 3.05) is 13.1 Å². The normalized spacial score (nSPS) is 19.0. The van der Waals surface area contributed by atoms with Crippen molar-refractivity contribution in [2.24, 2.45) is 5.92 Å². The number of piperidine rings is 1. The Morgan fingerprint density at radius 2 is 2.17 bits per heavy atom. The van der Waals surface area contributed by atoms with Gasteiger partial charge >= 0.3 is 0 Å². The van der Waals surface area contributed by atoms with Crippen molar-refractivity contribution in [3.8, 4) is 11.5 Å². The first kappa shape index (κ1) is 15.3. The molecule has 1 saturated heterocycles. The van der Waals surface area contributed by atoms with Crippen LogP contribution < -0.4 is 0 Å². The van der Waals surface area contributed by atoms with Crippen molar-refractivity contribution in [2.45, 2.75) is 26.3 Å². The third-order valence-electron chi connectivity index (χ3n) is 4.67. The molecular weight excluding hydrogens is 303 g/mol. The number of hydrogen-bond acceptors (Lipinski definition) is 3. The van der Waals surface area contributed by atoms with Crippen LogP contribution in [0.1, 0.15) is 25.3 Å². The van der Waals surface area contributed by atoms with Crippen LogP contribution in [0.15, 0.2) is 46.9 Å². The predicted octanol–water partition coefficient (Wildman–Crippen LogP) is 4.87. The second kappa shape index (κ2) is 6.36. The van der Waals surface area contributed by atoms with Crippen molar-refractivity contribution in [3.05, 3.63) is 53.8 Å². The molecule has 0 aliphatic carbocycles. The number of halogens is 1. The van der Waals surface area contributed by atoms with E-state index in [1.807, 2.05) is 12.1 Å². The third-order valence-corrected chi connectivity index (χ3v) is 4.67. The van der Waals surface area contributed by atoms with E-state index in [-0.39, 0.29) is 5.82 Å². The zero-order valence-electron chi connectivity index (χ0n) is 13.8. The maximum absolute atomic E-state index is 13.4. The van der Waals surface area contributed by atoms with Gasteiger partial charge in [-0.15, -0.1) is 0 Å². The summed E-state index contributed by atoms with van der Waals surface area (Å²) in [4.78, 5) is 7.04. The Bertz CT molecular complexity index is 858. The first-order valence-electron chi connectivity index (χ1n) is 8.55. The second-order valence-corrected chi connectivity index (χ2v) is 6.81. The fourth-order valence-electron chi connectivity index (χ4n) is 3.50. The number of fused-ring (bicyclic) bond motifs is 1. The average Bonchev–Trinajstić information content (AvgIpc) is 2.98. The van der Waals surface area contributed by atoms with E-state index in [9.17, 15) is 4.39 Å². The van der Waals surface area contributed by atoms with Crippen LogP contribution in [0.25, 0.3) is 22.6 Å². The molecule has 1 aromatic heterocycles. The molecule has 0 N–H and O–H groups in total. The molecule has 1 fully saturated rings. The van der Waals surface area contributed by atoms with Gasteiger partial charge in [0.1, 0.15) is 11.3 Å². The van der Waals surface area contributed by atoms with E-state index in [4.69, 9.17) is 4.42 Å². The molecule has 0 spiro atoms. The SMILES string of the molecule is C[C@H]1CCCN(Cc2ccc3oc(-c4cccc(F)c4)nc3c2)C1. The van der Waals surface area contributed by atoms with Gasteiger partial charge in [-0.1, -0.05) is 19.1 Å². The van der Waals surface area contributed by atoms with Gasteiger partial charge < -0.3 is 4.42 Å². The number of likely N-dealkylation sites (tertiary alicyclic amines) is 1. The molecule has 4 heteroatoms. The van der Waals surface area contributed by atoms with Gasteiger partial charge in [0.25, 0.3) is 0 Å². The second-order valence-electron chi connectivity index (χ2n) is 6.81. The van der Waals surface area contributed by atoms with Crippen molar-refractivity contribution in [3.63, 3.8) is 0 Å². The number of nitrogens with zero attached hydrogens (tertiary/aromatic N) is 2. The summed E-state index contributed by atoms with van der Waals surface area (Å²) in [6.07, 6.45) is 2.60. The summed E-state index contributed by atoms with van der Waals surface area (Å²) in [7, 11) is 0. The minimum absolute atomic E-state index is 0.283. The molecule has 2 aromatic carbocycles. The average molecular weight is 324 g/mol. The molecule has 0 amide bonds. The van der Waals surface area contributed by atoms with E-state index in [1.54, 1.807) is 6.07 Å². The lowest BCUT2D eigenvalue weighted by Gasteiger charge is -2.30. The van der Waals surface area contributed by atoms with Crippen molar-refractivity contribution in [1.29, 1.82) is 0 Å². The lowest BCUT2D eigenvalue weighted by Crippen LogP contribution is -2.33. The van der Waals surface area contributed by atoms with E-state index in [1.165, 1.54) is 30.5 Å². The molecule has 124 valence electrons. The van der Waals surface area contributed by atoms with Crippen LogP contribution in [0.4, 0.5) is 4.39 Å². The van der Waals surface area contributed by atoms with Crippen molar-refractivity contribution >= 4 is 11.1 Å². The Kier molecular flexibility index (Phi) is 4.07. The van der Waals surface area contributed by atoms with Crippen LogP contribution in [0.3, 0.4) is 0 Å². The zero-order chi connectivity index (χ0) is 16.5. The number of rotatable bonds is 3. The maximum Gasteiger partial charge on any atom is 0.227 e. The van der Waals surface area contributed by atoms with E-state index in [0.29, 0.717) is 11.5 Å². The van der Waals surface area contributed by atoms with Gasteiger partial charge in [0.05, 0.1) is 0 Å². The molecule has 4 rings (SSSR count). The largest absolute Gasteiger partial charge is 0.436 e. The fraction of sp³-hybridized carbons (Fsp3) is 0.350. The highest BCUT2D eigenvalue weighted by Crippen LogP contribution is 2.26. The highest BCUT2D eigenvalue weighted by Gasteiger charge is 2.17. The van der Waals surface area contributed by atoms with Crippen LogP contribution in [-0.4, -0.2) is 23.0 Å². The topological polar surface area (TPSA) is 29.3 Å². The standard InChI is InChI=1S/C20H21FN2O/c1-14-4-3-9-23(12-14)13-15-7-8-19-18(10-15)22-20(24-19)16-5-2-6-17(21)11-16/h2,5-8,10-11,14H,3-4,9,12-13H2,1H3/t14-/m0/s1. The molecule has 2 heterocycles. The molecule has 0 unspecified atom stereocenters. The van der Waals surface area contributed by atoms with E-state index < -0.39 is 0 Å². The minimum Gasteiger partial charge on any atom is -0.436 e. The molecule has 0 bridgehead atoms. The van der Waals surface area contributed by atoms with Crippen LogP contribution in [0.2, 0.25) is 0 Å². The smallest absolute Gasteiger partial charge is 0.227 e. The summed E-state index contributed by atoms with van der Waals surface area (Å²) >= 11 is 0. The quantitative estimate of drug-likeness (QED) is 0.688. The highest BCUT2D eigenvalue weighted by atomic mass is 19.1. The molecule has 0 saturated carbocycles. The lowest BCUT2D eigenvalue weighted by molar-refractivity contribution is 0.176. The summed E-state index contributed by atoms with van der Waals surface area (Å²) in [5, 5.41) is 0. The molecule has 3 aromatic rings. The lowest BCUT2D eigenvalue weighted by atomic mass is 10.00. The highest BCUT2D eigenvalue weighted by molar-refractivity contribution is 5.76. The molecule has 24 heavy (non-hydrogen) atoms. The molecule has 0 radical (unpaired) electrons. The van der Waals surface area contributed by atoms with Gasteiger partial charge in [0.2, 0.25) is 5.89 Å². The van der Waals surface area contributed by atoms with Gasteiger partial charge in [0, 0.05) is 18.7 Å². The molecule has 3 nitrogen and oxygen atoms in total. The van der Waals surface area contributed by atoms with Gasteiger partial charge in [-0.05, 0) is 61.2 Å².